The summed E-state index contributed by atoms with van der Waals surface area (Å²) in [5.41, 5.74) is 1.59. The summed E-state index contributed by atoms with van der Waals surface area (Å²) in [6, 6.07) is 5.00. The van der Waals surface area contributed by atoms with E-state index in [2.05, 4.69) is 16.6 Å². The van der Waals surface area contributed by atoms with Crippen molar-refractivity contribution in [1.29, 1.82) is 0 Å². The van der Waals surface area contributed by atoms with Crippen LogP contribution in [0.15, 0.2) is 35.7 Å². The Bertz CT molecular complexity index is 743. The van der Waals surface area contributed by atoms with Gasteiger partial charge in [-0.2, -0.15) is 0 Å². The van der Waals surface area contributed by atoms with E-state index in [0.717, 1.165) is 5.56 Å². The summed E-state index contributed by atoms with van der Waals surface area (Å²) in [6.45, 7) is 8.65. The molecular formula is C17H24N2O5S. The molecule has 0 saturated heterocycles. The van der Waals surface area contributed by atoms with Gasteiger partial charge in [0.05, 0.1) is 11.3 Å². The number of ether oxygens (including phenoxy) is 1. The molecule has 0 aromatic heterocycles. The predicted molar refractivity (Wildman–Crippen MR) is 94.5 cm³/mol. The van der Waals surface area contributed by atoms with Crippen molar-refractivity contribution in [2.45, 2.75) is 38.2 Å². The summed E-state index contributed by atoms with van der Waals surface area (Å²) in [4.78, 5) is 23.5. The van der Waals surface area contributed by atoms with Gasteiger partial charge in [0.25, 0.3) is 5.91 Å². The second kappa shape index (κ2) is 9.33. The third-order valence-electron chi connectivity index (χ3n) is 3.34. The van der Waals surface area contributed by atoms with Gasteiger partial charge in [0.15, 0.2) is 6.10 Å². The van der Waals surface area contributed by atoms with E-state index in [-0.39, 0.29) is 24.4 Å². The maximum absolute atomic E-state index is 12.3. The van der Waals surface area contributed by atoms with Gasteiger partial charge >= 0.3 is 5.97 Å². The first kappa shape index (κ1) is 20.9. The molecule has 1 aromatic carbocycles. The summed E-state index contributed by atoms with van der Waals surface area (Å²) in [5, 5.41) is 2.50. The summed E-state index contributed by atoms with van der Waals surface area (Å²) >= 11 is 0. The van der Waals surface area contributed by atoms with Crippen molar-refractivity contribution in [3.8, 4) is 0 Å². The molecule has 25 heavy (non-hydrogen) atoms. The Morgan fingerprint density at radius 3 is 2.60 bits per heavy atom. The van der Waals surface area contributed by atoms with Crippen LogP contribution in [-0.4, -0.2) is 39.5 Å². The molecule has 0 heterocycles. The Hall–Kier alpha value is -2.19. The third-order valence-corrected chi connectivity index (χ3v) is 4.96. The molecule has 0 spiro atoms. The van der Waals surface area contributed by atoms with Gasteiger partial charge in [-0.05, 0) is 32.4 Å². The lowest BCUT2D eigenvalue weighted by Gasteiger charge is -2.13. The topological polar surface area (TPSA) is 102 Å². The molecule has 1 rings (SSSR count). The summed E-state index contributed by atoms with van der Waals surface area (Å²) in [7, 11) is -3.71. The number of esters is 1. The zero-order valence-electron chi connectivity index (χ0n) is 14.7. The van der Waals surface area contributed by atoms with Crippen LogP contribution >= 0.6 is 0 Å². The van der Waals surface area contributed by atoms with Crippen LogP contribution in [-0.2, 0) is 24.3 Å². The molecule has 138 valence electrons. The van der Waals surface area contributed by atoms with Gasteiger partial charge in [-0.3, -0.25) is 9.59 Å². The van der Waals surface area contributed by atoms with Gasteiger partial charge in [0.1, 0.15) is 0 Å². The number of carbonyl (C=O) groups is 2. The van der Waals surface area contributed by atoms with Crippen molar-refractivity contribution in [1.82, 2.24) is 10.0 Å². The monoisotopic (exact) mass is 368 g/mol. The fourth-order valence-corrected chi connectivity index (χ4v) is 3.35. The molecule has 1 amide bonds. The lowest BCUT2D eigenvalue weighted by Crippen LogP contribution is -2.36. The highest BCUT2D eigenvalue weighted by atomic mass is 32.2. The Morgan fingerprint density at radius 2 is 2.00 bits per heavy atom. The van der Waals surface area contributed by atoms with E-state index in [1.165, 1.54) is 19.1 Å². The van der Waals surface area contributed by atoms with Crippen LogP contribution in [0.1, 0.15) is 24.5 Å². The van der Waals surface area contributed by atoms with Crippen LogP contribution in [0.2, 0.25) is 0 Å². The normalized spacial score (nSPS) is 12.3. The second-order valence-electron chi connectivity index (χ2n) is 5.58. The second-order valence-corrected chi connectivity index (χ2v) is 7.32. The Kier molecular flexibility index (Phi) is 7.79. The average Bonchev–Trinajstić information content (AvgIpc) is 2.51. The molecule has 0 aliphatic rings. The first-order chi connectivity index (χ1) is 11.7. The van der Waals surface area contributed by atoms with Crippen LogP contribution in [0.3, 0.4) is 0 Å². The molecule has 0 aliphatic heterocycles. The summed E-state index contributed by atoms with van der Waals surface area (Å²) in [5.74, 6) is -1.10. The number of hydrogen-bond acceptors (Lipinski definition) is 5. The largest absolute Gasteiger partial charge is 0.453 e. The van der Waals surface area contributed by atoms with Gasteiger partial charge in [-0.1, -0.05) is 23.8 Å². The molecule has 0 fully saturated rings. The Labute approximate surface area is 148 Å². The standard InChI is InChI=1S/C17H24N2O5S/c1-5-9-18-17(21)14(4)24-16(20)8-10-19-25(22,23)15-7-6-12(2)11-13(15)3/h5-7,11,14,19H,1,8-10H2,2-4H3,(H,18,21)/t14-/m0/s1. The van der Waals surface area contributed by atoms with Crippen molar-refractivity contribution in [2.24, 2.45) is 0 Å². The van der Waals surface area contributed by atoms with Crippen molar-refractivity contribution in [2.75, 3.05) is 13.1 Å². The highest BCUT2D eigenvalue weighted by Gasteiger charge is 2.19. The number of nitrogens with one attached hydrogen (secondary N) is 2. The third kappa shape index (κ3) is 6.67. The number of amides is 1. The van der Waals surface area contributed by atoms with E-state index in [9.17, 15) is 18.0 Å². The van der Waals surface area contributed by atoms with E-state index in [4.69, 9.17) is 4.74 Å². The van der Waals surface area contributed by atoms with Gasteiger partial charge in [-0.15, -0.1) is 6.58 Å². The van der Waals surface area contributed by atoms with Crippen LogP contribution in [0.25, 0.3) is 0 Å². The average molecular weight is 368 g/mol. The number of sulfonamides is 1. The highest BCUT2D eigenvalue weighted by Crippen LogP contribution is 2.16. The minimum Gasteiger partial charge on any atom is -0.453 e. The smallest absolute Gasteiger partial charge is 0.307 e. The Morgan fingerprint density at radius 1 is 1.32 bits per heavy atom. The molecule has 8 heteroatoms. The maximum atomic E-state index is 12.3. The number of benzene rings is 1. The molecule has 0 bridgehead atoms. The minimum atomic E-state index is -3.71. The van der Waals surface area contributed by atoms with E-state index in [1.54, 1.807) is 19.1 Å². The Balaban J connectivity index is 2.51. The van der Waals surface area contributed by atoms with Crippen molar-refractivity contribution < 1.29 is 22.7 Å². The highest BCUT2D eigenvalue weighted by molar-refractivity contribution is 7.89. The van der Waals surface area contributed by atoms with Crippen LogP contribution in [0.5, 0.6) is 0 Å². The van der Waals surface area contributed by atoms with E-state index >= 15 is 0 Å². The fraction of sp³-hybridized carbons (Fsp3) is 0.412. The van der Waals surface area contributed by atoms with E-state index in [0.29, 0.717) is 5.56 Å². The molecule has 0 radical (unpaired) electrons. The van der Waals surface area contributed by atoms with Gasteiger partial charge in [0.2, 0.25) is 10.0 Å². The molecule has 7 nitrogen and oxygen atoms in total. The molecule has 1 atom stereocenters. The number of hydrogen-bond donors (Lipinski definition) is 2. The lowest BCUT2D eigenvalue weighted by atomic mass is 10.2. The van der Waals surface area contributed by atoms with E-state index < -0.39 is 28.0 Å². The van der Waals surface area contributed by atoms with Crippen LogP contribution < -0.4 is 10.0 Å². The lowest BCUT2D eigenvalue weighted by molar-refractivity contribution is -0.154. The van der Waals surface area contributed by atoms with Crippen molar-refractivity contribution in [3.63, 3.8) is 0 Å². The first-order valence-corrected chi connectivity index (χ1v) is 9.30. The minimum absolute atomic E-state index is 0.116. The first-order valence-electron chi connectivity index (χ1n) is 7.82. The molecule has 0 saturated carbocycles. The molecule has 1 aromatic rings. The van der Waals surface area contributed by atoms with Gasteiger partial charge < -0.3 is 10.1 Å². The number of aryl methyl sites for hydroxylation is 2. The maximum Gasteiger partial charge on any atom is 0.307 e. The van der Waals surface area contributed by atoms with Crippen LogP contribution in [0.4, 0.5) is 0 Å². The van der Waals surface area contributed by atoms with Gasteiger partial charge in [-0.25, -0.2) is 13.1 Å². The summed E-state index contributed by atoms with van der Waals surface area (Å²) < 4.78 is 31.8. The molecular weight excluding hydrogens is 344 g/mol. The zero-order chi connectivity index (χ0) is 19.0. The molecule has 2 N–H and O–H groups in total. The molecule has 0 aliphatic carbocycles. The molecule has 0 unspecified atom stereocenters. The SMILES string of the molecule is C=CCNC(=O)[C@H](C)OC(=O)CCNS(=O)(=O)c1ccc(C)cc1C. The quantitative estimate of drug-likeness (QED) is 0.504. The van der Waals surface area contributed by atoms with Gasteiger partial charge in [0, 0.05) is 13.1 Å². The predicted octanol–water partition coefficient (Wildman–Crippen LogP) is 1.21. The number of rotatable bonds is 9. The fourth-order valence-electron chi connectivity index (χ4n) is 2.09. The number of carbonyl (C=O) groups excluding carboxylic acids is 2. The van der Waals surface area contributed by atoms with Crippen LogP contribution in [0, 0.1) is 13.8 Å². The van der Waals surface area contributed by atoms with Crippen molar-refractivity contribution >= 4 is 21.9 Å². The summed E-state index contributed by atoms with van der Waals surface area (Å²) in [6.07, 6.45) is 0.376. The zero-order valence-corrected chi connectivity index (χ0v) is 15.5. The van der Waals surface area contributed by atoms with Crippen molar-refractivity contribution in [3.05, 3.63) is 42.0 Å². The van der Waals surface area contributed by atoms with E-state index in [1.807, 2.05) is 6.92 Å².